The van der Waals surface area contributed by atoms with Gasteiger partial charge in [0.15, 0.2) is 0 Å². The number of aliphatic hydroxyl groups excluding tert-OH is 1. The van der Waals surface area contributed by atoms with E-state index >= 15 is 0 Å². The number of benzene rings is 1. The van der Waals surface area contributed by atoms with Crippen molar-refractivity contribution in [1.82, 2.24) is 5.32 Å². The maximum Gasteiger partial charge on any atom is 0.123 e. The van der Waals surface area contributed by atoms with E-state index in [1.54, 1.807) is 23.9 Å². The van der Waals surface area contributed by atoms with Crippen LogP contribution in [0.4, 0.5) is 4.39 Å². The molecule has 0 radical (unpaired) electrons. The molecule has 0 amide bonds. The van der Waals surface area contributed by atoms with Gasteiger partial charge in [0.05, 0.1) is 6.61 Å². The smallest absolute Gasteiger partial charge is 0.123 e. The average molecular weight is 269 g/mol. The van der Waals surface area contributed by atoms with Gasteiger partial charge in [-0.1, -0.05) is 0 Å². The molecule has 2 N–H and O–H groups in total. The zero-order chi connectivity index (χ0) is 13.0. The minimum Gasteiger partial charge on any atom is -0.394 e. The molecular weight excluding hydrogens is 249 g/mol. The summed E-state index contributed by atoms with van der Waals surface area (Å²) < 4.78 is 12.8. The van der Waals surface area contributed by atoms with E-state index in [0.29, 0.717) is 6.04 Å². The molecule has 0 spiro atoms. The SMILES string of the molecule is CC(CO)(CCSc1ccc(F)cc1)NC1CC1. The Bertz CT molecular complexity index is 380. The van der Waals surface area contributed by atoms with Crippen LogP contribution in [0.25, 0.3) is 0 Å². The maximum absolute atomic E-state index is 12.8. The van der Waals surface area contributed by atoms with Crippen LogP contribution in [0.2, 0.25) is 0 Å². The Morgan fingerprint density at radius 3 is 2.61 bits per heavy atom. The number of rotatable bonds is 7. The van der Waals surface area contributed by atoms with Crippen LogP contribution >= 0.6 is 11.8 Å². The van der Waals surface area contributed by atoms with Crippen molar-refractivity contribution in [2.45, 2.75) is 42.7 Å². The maximum atomic E-state index is 12.8. The van der Waals surface area contributed by atoms with Gasteiger partial charge in [-0.15, -0.1) is 11.8 Å². The van der Waals surface area contributed by atoms with Crippen LogP contribution in [-0.4, -0.2) is 29.0 Å². The van der Waals surface area contributed by atoms with E-state index in [9.17, 15) is 9.50 Å². The van der Waals surface area contributed by atoms with Crippen LogP contribution in [0.15, 0.2) is 29.2 Å². The third-order valence-corrected chi connectivity index (χ3v) is 4.23. The highest BCUT2D eigenvalue weighted by atomic mass is 32.2. The summed E-state index contributed by atoms with van der Waals surface area (Å²) in [5.74, 6) is 0.720. The molecule has 0 aliphatic heterocycles. The molecule has 1 aromatic carbocycles. The molecule has 1 aliphatic rings. The molecule has 1 atom stereocenters. The van der Waals surface area contributed by atoms with Crippen molar-refractivity contribution in [1.29, 1.82) is 0 Å². The van der Waals surface area contributed by atoms with Crippen molar-refractivity contribution < 1.29 is 9.50 Å². The summed E-state index contributed by atoms with van der Waals surface area (Å²) in [6, 6.07) is 7.15. The Balaban J connectivity index is 1.77. The molecule has 0 bridgehead atoms. The molecule has 0 saturated heterocycles. The lowest BCUT2D eigenvalue weighted by atomic mass is 10.0. The lowest BCUT2D eigenvalue weighted by Gasteiger charge is -2.28. The van der Waals surface area contributed by atoms with Crippen LogP contribution in [0.5, 0.6) is 0 Å². The molecule has 1 saturated carbocycles. The van der Waals surface area contributed by atoms with Gasteiger partial charge in [0.1, 0.15) is 5.82 Å². The van der Waals surface area contributed by atoms with Crippen molar-refractivity contribution in [3.63, 3.8) is 0 Å². The van der Waals surface area contributed by atoms with Gasteiger partial charge in [-0.3, -0.25) is 0 Å². The molecule has 2 nitrogen and oxygen atoms in total. The first kappa shape index (κ1) is 13.8. The number of aliphatic hydroxyl groups is 1. The van der Waals surface area contributed by atoms with E-state index in [1.165, 1.54) is 25.0 Å². The third kappa shape index (κ3) is 4.26. The predicted octanol–water partition coefficient (Wildman–Crippen LogP) is 2.81. The van der Waals surface area contributed by atoms with Gasteiger partial charge >= 0.3 is 0 Å². The van der Waals surface area contributed by atoms with Crippen LogP contribution in [0, 0.1) is 5.82 Å². The summed E-state index contributed by atoms with van der Waals surface area (Å²) in [5, 5.41) is 13.0. The average Bonchev–Trinajstić information content (AvgIpc) is 3.15. The third-order valence-electron chi connectivity index (χ3n) is 3.22. The molecule has 18 heavy (non-hydrogen) atoms. The van der Waals surface area contributed by atoms with E-state index in [0.717, 1.165) is 17.1 Å². The summed E-state index contributed by atoms with van der Waals surface area (Å²) in [5.41, 5.74) is -0.186. The first-order valence-corrected chi connectivity index (χ1v) is 7.37. The Kier molecular flexibility index (Phi) is 4.65. The molecule has 2 rings (SSSR count). The summed E-state index contributed by atoms with van der Waals surface area (Å²) in [4.78, 5) is 1.07. The second-order valence-corrected chi connectivity index (χ2v) is 6.36. The Morgan fingerprint density at radius 1 is 1.39 bits per heavy atom. The van der Waals surface area contributed by atoms with Crippen molar-refractivity contribution in [2.75, 3.05) is 12.4 Å². The van der Waals surface area contributed by atoms with Gasteiger partial charge in [0, 0.05) is 16.5 Å². The van der Waals surface area contributed by atoms with Gasteiger partial charge < -0.3 is 10.4 Å². The lowest BCUT2D eigenvalue weighted by molar-refractivity contribution is 0.169. The second kappa shape index (κ2) is 6.04. The molecule has 1 aliphatic carbocycles. The zero-order valence-electron chi connectivity index (χ0n) is 10.7. The second-order valence-electron chi connectivity index (χ2n) is 5.19. The van der Waals surface area contributed by atoms with E-state index in [2.05, 4.69) is 12.2 Å². The van der Waals surface area contributed by atoms with Gasteiger partial charge in [-0.2, -0.15) is 0 Å². The number of hydrogen-bond acceptors (Lipinski definition) is 3. The predicted molar refractivity (Wildman–Crippen MR) is 73.4 cm³/mol. The van der Waals surface area contributed by atoms with Gasteiger partial charge in [0.2, 0.25) is 0 Å². The van der Waals surface area contributed by atoms with Gasteiger partial charge in [-0.05, 0) is 56.2 Å². The first-order valence-electron chi connectivity index (χ1n) is 6.38. The molecule has 1 fully saturated rings. The minimum atomic E-state index is -0.199. The summed E-state index contributed by atoms with van der Waals surface area (Å²) in [7, 11) is 0. The standard InChI is InChI=1S/C14H20FNOS/c1-14(10-17,16-12-4-5-12)8-9-18-13-6-2-11(15)3-7-13/h2-3,6-7,12,16-17H,4-5,8-10H2,1H3. The largest absolute Gasteiger partial charge is 0.394 e. The molecule has 0 heterocycles. The Hall–Kier alpha value is -0.580. The van der Waals surface area contributed by atoms with E-state index in [-0.39, 0.29) is 18.0 Å². The first-order chi connectivity index (χ1) is 8.61. The van der Waals surface area contributed by atoms with Gasteiger partial charge in [-0.25, -0.2) is 4.39 Å². The highest BCUT2D eigenvalue weighted by Gasteiger charge is 2.31. The summed E-state index contributed by atoms with van der Waals surface area (Å²) >= 11 is 1.70. The van der Waals surface area contributed by atoms with Gasteiger partial charge in [0.25, 0.3) is 0 Å². The van der Waals surface area contributed by atoms with Crippen LogP contribution in [-0.2, 0) is 0 Å². The van der Waals surface area contributed by atoms with Crippen LogP contribution in [0.3, 0.4) is 0 Å². The van der Waals surface area contributed by atoms with E-state index in [4.69, 9.17) is 0 Å². The van der Waals surface area contributed by atoms with Crippen molar-refractivity contribution in [2.24, 2.45) is 0 Å². The molecule has 0 aromatic heterocycles. The van der Waals surface area contributed by atoms with Crippen LogP contribution < -0.4 is 5.32 Å². The number of hydrogen-bond donors (Lipinski definition) is 2. The quantitative estimate of drug-likeness (QED) is 0.747. The number of thioether (sulfide) groups is 1. The zero-order valence-corrected chi connectivity index (χ0v) is 11.5. The topological polar surface area (TPSA) is 32.3 Å². The fourth-order valence-electron chi connectivity index (χ4n) is 1.84. The molecule has 1 unspecified atom stereocenters. The Labute approximate surface area is 112 Å². The molecule has 4 heteroatoms. The van der Waals surface area contributed by atoms with E-state index < -0.39 is 0 Å². The summed E-state index contributed by atoms with van der Waals surface area (Å²) in [6.45, 7) is 2.23. The molecule has 1 aromatic rings. The van der Waals surface area contributed by atoms with Crippen LogP contribution in [0.1, 0.15) is 26.2 Å². The number of nitrogens with one attached hydrogen (secondary N) is 1. The normalized spacial score (nSPS) is 18.6. The van der Waals surface area contributed by atoms with Crippen molar-refractivity contribution in [3.8, 4) is 0 Å². The molecule has 100 valence electrons. The highest BCUT2D eigenvalue weighted by Crippen LogP contribution is 2.26. The minimum absolute atomic E-state index is 0.160. The Morgan fingerprint density at radius 2 is 2.06 bits per heavy atom. The fraction of sp³-hybridized carbons (Fsp3) is 0.571. The summed E-state index contributed by atoms with van der Waals surface area (Å²) in [6.07, 6.45) is 3.35. The number of halogens is 1. The highest BCUT2D eigenvalue weighted by molar-refractivity contribution is 7.99. The fourth-order valence-corrected chi connectivity index (χ4v) is 2.96. The monoisotopic (exact) mass is 269 g/mol. The van der Waals surface area contributed by atoms with Crippen molar-refractivity contribution in [3.05, 3.63) is 30.1 Å². The molecular formula is C14H20FNOS. The lowest BCUT2D eigenvalue weighted by Crippen LogP contribution is -2.47. The van der Waals surface area contributed by atoms with E-state index in [1.807, 2.05) is 0 Å². The van der Waals surface area contributed by atoms with Crippen molar-refractivity contribution >= 4 is 11.8 Å².